The number of ether oxygens (including phenoxy) is 1. The second-order valence-electron chi connectivity index (χ2n) is 2.34. The Morgan fingerprint density at radius 3 is 1.75 bits per heavy atom. The second-order valence-corrected chi connectivity index (χ2v) is 2.34. The van der Waals surface area contributed by atoms with Gasteiger partial charge in [-0.2, -0.15) is 0 Å². The smallest absolute Gasteiger partial charge is 1.00 e. The van der Waals surface area contributed by atoms with E-state index in [9.17, 15) is 0 Å². The summed E-state index contributed by atoms with van der Waals surface area (Å²) in [6.07, 6.45) is 6.06. The minimum absolute atomic E-state index is 0. The summed E-state index contributed by atoms with van der Waals surface area (Å²) >= 11 is 0. The molecule has 1 aliphatic heterocycles. The summed E-state index contributed by atoms with van der Waals surface area (Å²) in [4.78, 5) is 3.78. The van der Waals surface area contributed by atoms with Crippen LogP contribution in [-0.2, 0) is 4.74 Å². The summed E-state index contributed by atoms with van der Waals surface area (Å²) in [5, 5.41) is 0. The van der Waals surface area contributed by atoms with Gasteiger partial charge in [0.2, 0.25) is 0 Å². The van der Waals surface area contributed by atoms with Crippen LogP contribution in [0.4, 0.5) is 0 Å². The van der Waals surface area contributed by atoms with Gasteiger partial charge in [0.1, 0.15) is 0 Å². The highest BCUT2D eigenvalue weighted by atomic mass is 19.0. The van der Waals surface area contributed by atoms with E-state index in [1.165, 1.54) is 12.8 Å². The Morgan fingerprint density at radius 2 is 1.58 bits per heavy atom. The minimum Gasteiger partial charge on any atom is -1.00 e. The van der Waals surface area contributed by atoms with Gasteiger partial charge in [0.15, 0.2) is 0 Å². The van der Waals surface area contributed by atoms with Crippen LogP contribution in [0.2, 0.25) is 0 Å². The van der Waals surface area contributed by atoms with Gasteiger partial charge in [-0.25, -0.2) is 0 Å². The molecule has 0 aliphatic carbocycles. The number of pyridine rings is 1. The van der Waals surface area contributed by atoms with Crippen molar-refractivity contribution in [2.24, 2.45) is 0 Å². The molecule has 0 spiro atoms. The molecule has 0 radical (unpaired) electrons. The van der Waals surface area contributed by atoms with Crippen LogP contribution in [0.1, 0.15) is 14.3 Å². The van der Waals surface area contributed by atoms with E-state index in [1.807, 2.05) is 18.2 Å². The van der Waals surface area contributed by atoms with E-state index < -0.39 is 0 Å². The van der Waals surface area contributed by atoms with Crippen molar-refractivity contribution in [1.29, 1.82) is 0 Å². The van der Waals surface area contributed by atoms with Crippen molar-refractivity contribution < 1.29 is 10.9 Å². The first-order valence-electron chi connectivity index (χ1n) is 3.93. The van der Waals surface area contributed by atoms with Gasteiger partial charge in [0, 0.05) is 25.6 Å². The Bertz CT molecular complexity index is 136. The Kier molecular flexibility index (Phi) is 7.49. The lowest BCUT2D eigenvalue weighted by Gasteiger charge is -1.76. The van der Waals surface area contributed by atoms with E-state index in [4.69, 9.17) is 4.74 Å². The molecular weight excluding hydrogens is 157 g/mol. The topological polar surface area (TPSA) is 22.1 Å². The van der Waals surface area contributed by atoms with E-state index in [2.05, 4.69) is 4.98 Å². The Labute approximate surface area is 73.4 Å². The third kappa shape index (κ3) is 5.80. The fraction of sp³-hybridized carbons (Fsp3) is 0.444. The number of nitrogens with zero attached hydrogens (tertiary/aromatic N) is 1. The third-order valence-corrected chi connectivity index (χ3v) is 1.39. The average molecular weight is 171 g/mol. The summed E-state index contributed by atoms with van der Waals surface area (Å²) in [5.41, 5.74) is 0. The van der Waals surface area contributed by atoms with Gasteiger partial charge >= 0.3 is 1.43 Å². The number of hydrogen-bond acceptors (Lipinski definition) is 2. The predicted octanol–water partition coefficient (Wildman–Crippen LogP) is -1.01. The first kappa shape index (κ1) is 11.0. The fourth-order valence-electron chi connectivity index (χ4n) is 0.823. The quantitative estimate of drug-likeness (QED) is 0.499. The third-order valence-electron chi connectivity index (χ3n) is 1.39. The molecule has 2 nitrogen and oxygen atoms in total. The molecule has 1 aromatic heterocycles. The lowest BCUT2D eigenvalue weighted by atomic mass is 10.4. The highest BCUT2D eigenvalue weighted by Gasteiger charge is 1.94. The van der Waals surface area contributed by atoms with Crippen molar-refractivity contribution >= 4 is 0 Å². The SMILES string of the molecule is C1CCOC1.[F-].[H+].c1ccncc1. The molecule has 0 aromatic carbocycles. The van der Waals surface area contributed by atoms with Crippen LogP contribution in [0.3, 0.4) is 0 Å². The fourth-order valence-corrected chi connectivity index (χ4v) is 0.823. The molecule has 0 N–H and O–H groups in total. The molecule has 0 saturated carbocycles. The van der Waals surface area contributed by atoms with Gasteiger partial charge in [0.25, 0.3) is 0 Å². The normalized spacial score (nSPS) is 14.0. The Hall–Kier alpha value is -0.960. The standard InChI is InChI=1S/C5H5N.C4H8O.FH/c1-2-4-6-5-3-1;1-2-4-5-3-1;/h1-5H;1-4H2;1H. The molecule has 0 unspecified atom stereocenters. The number of aromatic nitrogens is 1. The van der Waals surface area contributed by atoms with E-state index >= 15 is 0 Å². The largest absolute Gasteiger partial charge is 1.00 e. The van der Waals surface area contributed by atoms with Crippen LogP contribution >= 0.6 is 0 Å². The molecule has 3 heteroatoms. The molecule has 12 heavy (non-hydrogen) atoms. The maximum Gasteiger partial charge on any atom is 1.00 e. The lowest BCUT2D eigenvalue weighted by molar-refractivity contribution is -0.00000290. The van der Waals surface area contributed by atoms with Gasteiger partial charge in [-0.15, -0.1) is 0 Å². The molecular formula is C9H14FNO. The Balaban J connectivity index is 0. The Morgan fingerprint density at radius 1 is 1.00 bits per heavy atom. The minimum atomic E-state index is 0. The summed E-state index contributed by atoms with van der Waals surface area (Å²) in [6, 6.07) is 5.72. The van der Waals surface area contributed by atoms with Crippen molar-refractivity contribution in [3.8, 4) is 0 Å². The molecule has 0 amide bonds. The monoisotopic (exact) mass is 171 g/mol. The molecule has 0 atom stereocenters. The summed E-state index contributed by atoms with van der Waals surface area (Å²) in [5.74, 6) is 0. The van der Waals surface area contributed by atoms with Crippen LogP contribution < -0.4 is 4.70 Å². The molecule has 1 fully saturated rings. The maximum absolute atomic E-state index is 4.94. The van der Waals surface area contributed by atoms with Gasteiger partial charge in [-0.05, 0) is 25.0 Å². The van der Waals surface area contributed by atoms with Crippen molar-refractivity contribution in [2.45, 2.75) is 12.8 Å². The maximum atomic E-state index is 4.94. The zero-order valence-electron chi connectivity index (χ0n) is 7.95. The first-order valence-corrected chi connectivity index (χ1v) is 3.93. The number of rotatable bonds is 0. The van der Waals surface area contributed by atoms with Gasteiger partial charge < -0.3 is 9.44 Å². The van der Waals surface area contributed by atoms with Crippen LogP contribution in [0.15, 0.2) is 30.6 Å². The lowest BCUT2D eigenvalue weighted by Crippen LogP contribution is -3.00. The second kappa shape index (κ2) is 8.14. The van der Waals surface area contributed by atoms with E-state index in [0.29, 0.717) is 0 Å². The summed E-state index contributed by atoms with van der Waals surface area (Å²) < 4.78 is 4.94. The van der Waals surface area contributed by atoms with E-state index in [-0.39, 0.29) is 6.13 Å². The van der Waals surface area contributed by atoms with Gasteiger partial charge in [0.05, 0.1) is 0 Å². The van der Waals surface area contributed by atoms with Crippen molar-refractivity contribution in [1.82, 2.24) is 4.98 Å². The molecule has 2 heterocycles. The van der Waals surface area contributed by atoms with Crippen LogP contribution in [-0.4, -0.2) is 18.2 Å². The molecule has 68 valence electrons. The number of hydrogen-bond donors (Lipinski definition) is 0. The van der Waals surface area contributed by atoms with Crippen molar-refractivity contribution in [2.75, 3.05) is 13.2 Å². The number of halogens is 1. The zero-order chi connectivity index (χ0) is 7.78. The van der Waals surface area contributed by atoms with Crippen LogP contribution in [0.5, 0.6) is 0 Å². The molecule has 2 rings (SSSR count). The first-order chi connectivity index (χ1) is 5.50. The highest BCUT2D eigenvalue weighted by molar-refractivity contribution is 4.88. The average Bonchev–Trinajstić information content (AvgIpc) is 2.64. The predicted molar refractivity (Wildman–Crippen MR) is 45.4 cm³/mol. The highest BCUT2D eigenvalue weighted by Crippen LogP contribution is 1.98. The molecule has 1 saturated heterocycles. The summed E-state index contributed by atoms with van der Waals surface area (Å²) in [6.45, 7) is 2.00. The summed E-state index contributed by atoms with van der Waals surface area (Å²) in [7, 11) is 0. The van der Waals surface area contributed by atoms with Gasteiger partial charge in [-0.3, -0.25) is 4.98 Å². The molecule has 1 aromatic rings. The zero-order valence-corrected chi connectivity index (χ0v) is 6.95. The van der Waals surface area contributed by atoms with E-state index in [1.54, 1.807) is 12.4 Å². The van der Waals surface area contributed by atoms with E-state index in [0.717, 1.165) is 13.2 Å². The van der Waals surface area contributed by atoms with Crippen molar-refractivity contribution in [3.63, 3.8) is 0 Å². The molecule has 1 aliphatic rings. The molecule has 0 bridgehead atoms. The van der Waals surface area contributed by atoms with Crippen LogP contribution in [0, 0.1) is 0 Å². The van der Waals surface area contributed by atoms with Gasteiger partial charge in [-0.1, -0.05) is 6.07 Å². The van der Waals surface area contributed by atoms with Crippen molar-refractivity contribution in [3.05, 3.63) is 30.6 Å². The van der Waals surface area contributed by atoms with Crippen LogP contribution in [0.25, 0.3) is 0 Å².